The minimum Gasteiger partial charge on any atom is -0.379 e. The summed E-state index contributed by atoms with van der Waals surface area (Å²) in [6, 6.07) is 4.19. The predicted molar refractivity (Wildman–Crippen MR) is 108 cm³/mol. The van der Waals surface area contributed by atoms with Gasteiger partial charge in [0.2, 0.25) is 0 Å². The lowest BCUT2D eigenvalue weighted by molar-refractivity contribution is 0.0702. The van der Waals surface area contributed by atoms with Crippen molar-refractivity contribution in [3.63, 3.8) is 0 Å². The molecule has 9 heteroatoms. The third kappa shape index (κ3) is 3.95. The zero-order valence-corrected chi connectivity index (χ0v) is 17.5. The van der Waals surface area contributed by atoms with Crippen molar-refractivity contribution in [1.29, 1.82) is 0 Å². The second kappa shape index (κ2) is 8.08. The Labute approximate surface area is 166 Å². The highest BCUT2D eigenvalue weighted by Crippen LogP contribution is 2.20. The molecule has 2 aliphatic rings. The molecule has 2 saturated heterocycles. The van der Waals surface area contributed by atoms with Gasteiger partial charge in [-0.1, -0.05) is 6.07 Å². The summed E-state index contributed by atoms with van der Waals surface area (Å²) < 4.78 is 34.3. The first-order valence-electron chi connectivity index (χ1n) is 9.95. The molecule has 0 saturated carbocycles. The van der Waals surface area contributed by atoms with Crippen molar-refractivity contribution >= 4 is 21.2 Å². The topological polar surface area (TPSA) is 81.8 Å². The zero-order valence-electron chi connectivity index (χ0n) is 16.6. The molecule has 154 valence electrons. The molecule has 1 aromatic heterocycles. The number of rotatable bonds is 4. The SMILES string of the molecule is Cc1ccc2[nH]c(CN3CCCN(S(=O)(=O)N4CCOCC4)CC3)nc2c1C. The molecule has 0 spiro atoms. The molecule has 2 fully saturated rings. The maximum atomic E-state index is 12.9. The fourth-order valence-corrected chi connectivity index (χ4v) is 5.54. The van der Waals surface area contributed by atoms with E-state index in [-0.39, 0.29) is 0 Å². The van der Waals surface area contributed by atoms with Gasteiger partial charge in [-0.25, -0.2) is 4.98 Å². The largest absolute Gasteiger partial charge is 0.379 e. The highest BCUT2D eigenvalue weighted by molar-refractivity contribution is 7.86. The molecule has 4 rings (SSSR count). The number of hydrogen-bond acceptors (Lipinski definition) is 5. The fraction of sp³-hybridized carbons (Fsp3) is 0.632. The van der Waals surface area contributed by atoms with E-state index < -0.39 is 10.2 Å². The molecule has 0 aliphatic carbocycles. The predicted octanol–water partition coefficient (Wildman–Crippen LogP) is 1.26. The van der Waals surface area contributed by atoms with Gasteiger partial charge in [0, 0.05) is 32.7 Å². The molecule has 2 aromatic rings. The molecule has 0 bridgehead atoms. The summed E-state index contributed by atoms with van der Waals surface area (Å²) in [6.45, 7) is 9.40. The second-order valence-electron chi connectivity index (χ2n) is 7.64. The van der Waals surface area contributed by atoms with Crippen LogP contribution in [-0.4, -0.2) is 84.4 Å². The molecular weight excluding hydrogens is 378 g/mol. The second-order valence-corrected chi connectivity index (χ2v) is 9.56. The Balaban J connectivity index is 1.42. The summed E-state index contributed by atoms with van der Waals surface area (Å²) in [5, 5.41) is 0. The molecule has 0 unspecified atom stereocenters. The smallest absolute Gasteiger partial charge is 0.282 e. The van der Waals surface area contributed by atoms with E-state index in [0.717, 1.165) is 29.8 Å². The number of ether oxygens (including phenoxy) is 1. The third-order valence-electron chi connectivity index (χ3n) is 5.77. The first kappa shape index (κ1) is 19.8. The number of imidazole rings is 1. The monoisotopic (exact) mass is 407 g/mol. The van der Waals surface area contributed by atoms with Gasteiger partial charge in [-0.15, -0.1) is 0 Å². The lowest BCUT2D eigenvalue weighted by Crippen LogP contribution is -2.49. The Morgan fingerprint density at radius 1 is 1.04 bits per heavy atom. The standard InChI is InChI=1S/C19H29N5O3S/c1-15-4-5-17-19(16(15)2)21-18(20-17)14-22-6-3-7-23(9-8-22)28(25,26)24-10-12-27-13-11-24/h4-5H,3,6-14H2,1-2H3,(H,20,21). The summed E-state index contributed by atoms with van der Waals surface area (Å²) in [5.74, 6) is 0.938. The van der Waals surface area contributed by atoms with E-state index in [9.17, 15) is 8.42 Å². The molecule has 2 aliphatic heterocycles. The fourth-order valence-electron chi connectivity index (χ4n) is 3.93. The van der Waals surface area contributed by atoms with Crippen LogP contribution < -0.4 is 0 Å². The Kier molecular flexibility index (Phi) is 5.71. The van der Waals surface area contributed by atoms with Gasteiger partial charge in [0.15, 0.2) is 0 Å². The summed E-state index contributed by atoms with van der Waals surface area (Å²) >= 11 is 0. The van der Waals surface area contributed by atoms with Gasteiger partial charge in [0.05, 0.1) is 30.8 Å². The molecular formula is C19H29N5O3S. The van der Waals surface area contributed by atoms with Crippen molar-refractivity contribution in [3.05, 3.63) is 29.1 Å². The van der Waals surface area contributed by atoms with Crippen LogP contribution in [0.2, 0.25) is 0 Å². The van der Waals surface area contributed by atoms with E-state index in [0.29, 0.717) is 52.5 Å². The number of aromatic nitrogens is 2. The molecule has 0 atom stereocenters. The van der Waals surface area contributed by atoms with Crippen molar-refractivity contribution in [2.45, 2.75) is 26.8 Å². The number of fused-ring (bicyclic) bond motifs is 1. The molecule has 0 amide bonds. The third-order valence-corrected chi connectivity index (χ3v) is 7.81. The van der Waals surface area contributed by atoms with E-state index in [1.807, 2.05) is 0 Å². The van der Waals surface area contributed by atoms with E-state index in [1.54, 1.807) is 8.61 Å². The lowest BCUT2D eigenvalue weighted by Gasteiger charge is -2.31. The number of aromatic amines is 1. The van der Waals surface area contributed by atoms with Crippen molar-refractivity contribution in [2.24, 2.45) is 0 Å². The first-order valence-corrected chi connectivity index (χ1v) is 11.3. The normalized spacial score (nSPS) is 21.2. The number of benzene rings is 1. The van der Waals surface area contributed by atoms with E-state index >= 15 is 0 Å². The minimum absolute atomic E-state index is 0.445. The van der Waals surface area contributed by atoms with Crippen LogP contribution in [-0.2, 0) is 21.5 Å². The van der Waals surface area contributed by atoms with Crippen molar-refractivity contribution in [2.75, 3.05) is 52.5 Å². The average Bonchev–Trinajstić information content (AvgIpc) is 2.95. The number of morpholine rings is 1. The zero-order chi connectivity index (χ0) is 19.7. The number of hydrogen-bond donors (Lipinski definition) is 1. The van der Waals surface area contributed by atoms with E-state index in [2.05, 4.69) is 35.9 Å². The van der Waals surface area contributed by atoms with Gasteiger partial charge in [-0.2, -0.15) is 17.0 Å². The maximum absolute atomic E-state index is 12.9. The highest BCUT2D eigenvalue weighted by Gasteiger charge is 2.32. The highest BCUT2D eigenvalue weighted by atomic mass is 32.2. The number of aryl methyl sites for hydroxylation is 2. The number of nitrogens with zero attached hydrogens (tertiary/aromatic N) is 4. The van der Waals surface area contributed by atoms with Crippen LogP contribution in [0.5, 0.6) is 0 Å². The summed E-state index contributed by atoms with van der Waals surface area (Å²) in [7, 11) is -3.40. The number of H-pyrrole nitrogens is 1. The van der Waals surface area contributed by atoms with Crippen LogP contribution in [0.25, 0.3) is 11.0 Å². The molecule has 1 aromatic carbocycles. The number of nitrogens with one attached hydrogen (secondary N) is 1. The van der Waals surface area contributed by atoms with Gasteiger partial charge in [-0.3, -0.25) is 4.90 Å². The quantitative estimate of drug-likeness (QED) is 0.825. The Morgan fingerprint density at radius 2 is 1.79 bits per heavy atom. The Morgan fingerprint density at radius 3 is 2.57 bits per heavy atom. The van der Waals surface area contributed by atoms with Crippen molar-refractivity contribution < 1.29 is 13.2 Å². The average molecular weight is 408 g/mol. The Hall–Kier alpha value is -1.52. The molecule has 0 radical (unpaired) electrons. The van der Waals surface area contributed by atoms with Crippen molar-refractivity contribution in [3.8, 4) is 0 Å². The molecule has 28 heavy (non-hydrogen) atoms. The van der Waals surface area contributed by atoms with Crippen LogP contribution in [0.4, 0.5) is 0 Å². The minimum atomic E-state index is -3.40. The van der Waals surface area contributed by atoms with Crippen LogP contribution in [0, 0.1) is 13.8 Å². The van der Waals surface area contributed by atoms with E-state index in [1.165, 1.54) is 11.1 Å². The summed E-state index contributed by atoms with van der Waals surface area (Å²) in [4.78, 5) is 10.5. The lowest BCUT2D eigenvalue weighted by atomic mass is 10.1. The maximum Gasteiger partial charge on any atom is 0.282 e. The van der Waals surface area contributed by atoms with E-state index in [4.69, 9.17) is 9.72 Å². The van der Waals surface area contributed by atoms with Crippen LogP contribution >= 0.6 is 0 Å². The van der Waals surface area contributed by atoms with Gasteiger partial charge in [0.25, 0.3) is 10.2 Å². The van der Waals surface area contributed by atoms with Crippen LogP contribution in [0.1, 0.15) is 23.4 Å². The first-order chi connectivity index (χ1) is 13.4. The summed E-state index contributed by atoms with van der Waals surface area (Å²) in [6.07, 6.45) is 0.821. The molecule has 8 nitrogen and oxygen atoms in total. The van der Waals surface area contributed by atoms with Crippen molar-refractivity contribution in [1.82, 2.24) is 23.5 Å². The van der Waals surface area contributed by atoms with Gasteiger partial charge in [-0.05, 0) is 44.0 Å². The van der Waals surface area contributed by atoms with Crippen LogP contribution in [0.15, 0.2) is 12.1 Å². The van der Waals surface area contributed by atoms with Gasteiger partial charge in [0.1, 0.15) is 5.82 Å². The Bertz CT molecular complexity index is 936. The van der Waals surface area contributed by atoms with Crippen LogP contribution in [0.3, 0.4) is 0 Å². The molecule has 3 heterocycles. The van der Waals surface area contributed by atoms with Gasteiger partial charge < -0.3 is 9.72 Å². The van der Waals surface area contributed by atoms with Gasteiger partial charge >= 0.3 is 0 Å². The summed E-state index contributed by atoms with van der Waals surface area (Å²) in [5.41, 5.74) is 4.54. The molecule has 1 N–H and O–H groups in total.